The molecule has 2 saturated heterocycles. The summed E-state index contributed by atoms with van der Waals surface area (Å²) in [5.74, 6) is -1.04. The van der Waals surface area contributed by atoms with Crippen LogP contribution in [0.25, 0.3) is 11.1 Å². The molecule has 274 valence electrons. The van der Waals surface area contributed by atoms with E-state index in [1.807, 2.05) is 97.1 Å². The Morgan fingerprint density at radius 1 is 0.865 bits per heavy atom. The van der Waals surface area contributed by atoms with Gasteiger partial charge in [-0.2, -0.15) is 0 Å². The van der Waals surface area contributed by atoms with Crippen molar-refractivity contribution in [3.05, 3.63) is 130 Å². The van der Waals surface area contributed by atoms with Crippen LogP contribution < -0.4 is 5.32 Å². The van der Waals surface area contributed by atoms with Gasteiger partial charge < -0.3 is 35.0 Å². The zero-order chi connectivity index (χ0) is 36.7. The van der Waals surface area contributed by atoms with Gasteiger partial charge in [0.05, 0.1) is 24.4 Å². The highest BCUT2D eigenvalue weighted by Crippen LogP contribution is 2.43. The number of amides is 1. The number of piperidine rings is 1. The van der Waals surface area contributed by atoms with Gasteiger partial charge >= 0.3 is 5.97 Å². The number of nitrogens with one attached hydrogen (secondary N) is 1. The number of carboxylic acid groups (broad SMARTS) is 1. The van der Waals surface area contributed by atoms with E-state index in [2.05, 4.69) is 17.1 Å². The summed E-state index contributed by atoms with van der Waals surface area (Å²) in [5, 5.41) is 33.4. The molecule has 4 aromatic rings. The molecule has 2 aliphatic rings. The van der Waals surface area contributed by atoms with Gasteiger partial charge in [-0.1, -0.05) is 97.4 Å². The summed E-state index contributed by atoms with van der Waals surface area (Å²) in [6.07, 6.45) is 0.722. The minimum atomic E-state index is -0.904. The predicted molar refractivity (Wildman–Crippen MR) is 199 cm³/mol. The molecule has 6 rings (SSSR count). The van der Waals surface area contributed by atoms with Gasteiger partial charge in [0.15, 0.2) is 6.29 Å². The number of aliphatic hydroxyl groups is 2. The molecule has 52 heavy (non-hydrogen) atoms. The Balaban J connectivity index is 1.14. The number of carbonyl (C=O) groups excluding carboxylic acids is 1. The van der Waals surface area contributed by atoms with Crippen LogP contribution >= 0.6 is 11.6 Å². The molecule has 2 heterocycles. The topological polar surface area (TPSA) is 129 Å². The number of hydrogen-bond donors (Lipinski definition) is 4. The molecule has 0 saturated carbocycles. The first-order valence-electron chi connectivity index (χ1n) is 18.0. The van der Waals surface area contributed by atoms with Crippen LogP contribution in [0.4, 0.5) is 0 Å². The van der Waals surface area contributed by atoms with E-state index in [1.54, 1.807) is 0 Å². The fraction of sp³-hybridized carbons (Fsp3) is 0.381. The summed E-state index contributed by atoms with van der Waals surface area (Å²) < 4.78 is 13.4. The number of ether oxygens (including phenoxy) is 2. The molecule has 4 N–H and O–H groups in total. The van der Waals surface area contributed by atoms with Crippen LogP contribution in [0.5, 0.6) is 0 Å². The van der Waals surface area contributed by atoms with Crippen molar-refractivity contribution < 1.29 is 34.4 Å². The Morgan fingerprint density at radius 3 is 2.23 bits per heavy atom. The minimum Gasteiger partial charge on any atom is -0.481 e. The number of benzene rings is 4. The van der Waals surface area contributed by atoms with E-state index in [4.69, 9.17) is 26.2 Å². The average Bonchev–Trinajstić information content (AvgIpc) is 3.16. The monoisotopic (exact) mass is 726 g/mol. The molecule has 0 aromatic heterocycles. The number of aliphatic hydroxyl groups excluding tert-OH is 1. The lowest BCUT2D eigenvalue weighted by molar-refractivity contribution is -0.277. The van der Waals surface area contributed by atoms with Crippen LogP contribution in [-0.2, 0) is 37.8 Å². The molecule has 0 radical (unpaired) electrons. The average molecular weight is 727 g/mol. The van der Waals surface area contributed by atoms with Gasteiger partial charge in [-0.05, 0) is 70.8 Å². The lowest BCUT2D eigenvalue weighted by Gasteiger charge is -2.45. The first-order valence-corrected chi connectivity index (χ1v) is 18.4. The molecule has 0 unspecified atom stereocenters. The Morgan fingerprint density at radius 2 is 1.56 bits per heavy atom. The lowest BCUT2D eigenvalue weighted by atomic mass is 9.84. The van der Waals surface area contributed by atoms with Gasteiger partial charge in [-0.3, -0.25) is 9.59 Å². The lowest BCUT2D eigenvalue weighted by Crippen LogP contribution is -2.49. The first kappa shape index (κ1) is 37.7. The second-order valence-corrected chi connectivity index (χ2v) is 14.4. The number of carboxylic acids is 1. The standard InChI is InChI=1S/C42H47ClN2O7/c1-28-37(26-45-22-20-42(50,21-23-45)35-16-18-36(43)19-17-35)51-41(52-40(28)32-10-8-29(27-46)9-11-32)33-14-12-31(13-15-33)34-5-2-4-30(24-34)25-44-38(47)6-3-7-39(48)49/h2,4-5,8-19,24,28,37,40-41,46,50H,3,6-7,20-23,25-27H2,1H3,(H,44,47)(H,48,49)/t28-,37+,40+,41+/m0/s1. The first-order chi connectivity index (χ1) is 25.1. The van der Waals surface area contributed by atoms with E-state index in [0.717, 1.165) is 52.0 Å². The number of rotatable bonds is 13. The van der Waals surface area contributed by atoms with Crippen molar-refractivity contribution in [1.82, 2.24) is 10.2 Å². The summed E-state index contributed by atoms with van der Waals surface area (Å²) in [7, 11) is 0. The Labute approximate surface area is 310 Å². The van der Waals surface area contributed by atoms with E-state index >= 15 is 0 Å². The smallest absolute Gasteiger partial charge is 0.303 e. The third kappa shape index (κ3) is 9.46. The second-order valence-electron chi connectivity index (χ2n) is 14.0. The molecular formula is C42H47ClN2O7. The van der Waals surface area contributed by atoms with Gasteiger partial charge in [0, 0.05) is 55.5 Å². The molecule has 0 bridgehead atoms. The summed E-state index contributed by atoms with van der Waals surface area (Å²) in [5.41, 5.74) is 5.74. The van der Waals surface area contributed by atoms with Crippen LogP contribution in [0.1, 0.15) is 79.2 Å². The quantitative estimate of drug-likeness (QED) is 0.114. The van der Waals surface area contributed by atoms with Gasteiger partial charge in [0.25, 0.3) is 0 Å². The summed E-state index contributed by atoms with van der Waals surface area (Å²) in [6, 6.07) is 31.5. The highest BCUT2D eigenvalue weighted by Gasteiger charge is 2.41. The highest BCUT2D eigenvalue weighted by atomic mass is 35.5. The maximum atomic E-state index is 12.2. The predicted octanol–water partition coefficient (Wildman–Crippen LogP) is 7.15. The second kappa shape index (κ2) is 17.2. The van der Waals surface area contributed by atoms with E-state index in [1.165, 1.54) is 0 Å². The van der Waals surface area contributed by atoms with Gasteiger partial charge in [0.1, 0.15) is 0 Å². The molecule has 2 aliphatic heterocycles. The van der Waals surface area contributed by atoms with E-state index < -0.39 is 17.9 Å². The van der Waals surface area contributed by atoms with Crippen molar-refractivity contribution in [3.8, 4) is 11.1 Å². The third-order valence-electron chi connectivity index (χ3n) is 10.4. The van der Waals surface area contributed by atoms with Crippen LogP contribution in [-0.4, -0.2) is 57.8 Å². The van der Waals surface area contributed by atoms with Crippen molar-refractivity contribution in [2.45, 2.75) is 76.3 Å². The molecule has 0 aliphatic carbocycles. The number of carbonyl (C=O) groups is 2. The minimum absolute atomic E-state index is 0.0223. The molecule has 4 aromatic carbocycles. The number of hydrogen-bond acceptors (Lipinski definition) is 7. The molecule has 10 heteroatoms. The normalized spacial score (nSPS) is 21.8. The van der Waals surface area contributed by atoms with Gasteiger partial charge in [-0.25, -0.2) is 0 Å². The number of nitrogens with zero attached hydrogens (tertiary/aromatic N) is 1. The number of aliphatic carboxylic acids is 1. The van der Waals surface area contributed by atoms with E-state index in [-0.39, 0.29) is 43.5 Å². The number of likely N-dealkylation sites (tertiary alicyclic amines) is 1. The van der Waals surface area contributed by atoms with E-state index in [0.29, 0.717) is 37.4 Å². The zero-order valence-electron chi connectivity index (χ0n) is 29.4. The van der Waals surface area contributed by atoms with Crippen LogP contribution in [0.2, 0.25) is 5.02 Å². The van der Waals surface area contributed by atoms with Gasteiger partial charge in [0.2, 0.25) is 5.91 Å². The van der Waals surface area contributed by atoms with Crippen LogP contribution in [0.15, 0.2) is 97.1 Å². The Bertz CT molecular complexity index is 1790. The molecule has 1 amide bonds. The maximum Gasteiger partial charge on any atom is 0.303 e. The van der Waals surface area contributed by atoms with Crippen LogP contribution in [0, 0.1) is 5.92 Å². The van der Waals surface area contributed by atoms with Crippen molar-refractivity contribution in [2.24, 2.45) is 5.92 Å². The fourth-order valence-corrected chi connectivity index (χ4v) is 7.25. The van der Waals surface area contributed by atoms with Crippen molar-refractivity contribution >= 4 is 23.5 Å². The Hall–Kier alpha value is -4.09. The van der Waals surface area contributed by atoms with Crippen molar-refractivity contribution in [1.29, 1.82) is 0 Å². The third-order valence-corrected chi connectivity index (χ3v) is 10.6. The number of halogens is 1. The largest absolute Gasteiger partial charge is 0.481 e. The van der Waals surface area contributed by atoms with Gasteiger partial charge in [-0.15, -0.1) is 0 Å². The summed E-state index contributed by atoms with van der Waals surface area (Å²) >= 11 is 6.10. The SMILES string of the molecule is C[C@H]1[C@@H](CN2CCC(O)(c3ccc(Cl)cc3)CC2)O[C@@H](c2ccc(-c3cccc(CNC(=O)CCCC(=O)O)c3)cc2)O[C@H]1c1ccc(CO)cc1. The molecular weight excluding hydrogens is 680 g/mol. The molecule has 0 spiro atoms. The highest BCUT2D eigenvalue weighted by molar-refractivity contribution is 6.30. The van der Waals surface area contributed by atoms with Crippen molar-refractivity contribution in [2.75, 3.05) is 19.6 Å². The Kier molecular flexibility index (Phi) is 12.4. The van der Waals surface area contributed by atoms with Crippen molar-refractivity contribution in [3.63, 3.8) is 0 Å². The van der Waals surface area contributed by atoms with Crippen LogP contribution in [0.3, 0.4) is 0 Å². The molecule has 4 atom stereocenters. The molecule has 9 nitrogen and oxygen atoms in total. The maximum absolute atomic E-state index is 12.2. The molecule has 2 fully saturated rings. The summed E-state index contributed by atoms with van der Waals surface area (Å²) in [4.78, 5) is 25.3. The fourth-order valence-electron chi connectivity index (χ4n) is 7.12. The summed E-state index contributed by atoms with van der Waals surface area (Å²) in [6.45, 7) is 4.66. The zero-order valence-corrected chi connectivity index (χ0v) is 30.2. The van der Waals surface area contributed by atoms with E-state index in [9.17, 15) is 19.8 Å².